The van der Waals surface area contributed by atoms with Crippen LogP contribution in [0.2, 0.25) is 0 Å². The first-order valence-corrected chi connectivity index (χ1v) is 9.64. The Morgan fingerprint density at radius 3 is 2.81 bits per heavy atom. The summed E-state index contributed by atoms with van der Waals surface area (Å²) in [5.74, 6) is -0.897. The summed E-state index contributed by atoms with van der Waals surface area (Å²) in [6, 6.07) is 11.6. The summed E-state index contributed by atoms with van der Waals surface area (Å²) in [5, 5.41) is 7.90. The molecule has 1 amide bonds. The number of hydrogen-bond acceptors (Lipinski definition) is 6. The monoisotopic (exact) mass is 416 g/mol. The predicted octanol–water partition coefficient (Wildman–Crippen LogP) is 2.18. The van der Waals surface area contributed by atoms with Gasteiger partial charge in [0.2, 0.25) is 5.95 Å². The number of aromatic amines is 1. The lowest BCUT2D eigenvalue weighted by molar-refractivity contribution is 0.0745. The first kappa shape index (κ1) is 18.9. The van der Waals surface area contributed by atoms with Gasteiger partial charge in [0.1, 0.15) is 5.82 Å². The smallest absolute Gasteiger partial charge is 0.272 e. The van der Waals surface area contributed by atoms with E-state index in [0.717, 1.165) is 10.9 Å². The van der Waals surface area contributed by atoms with Gasteiger partial charge in [-0.3, -0.25) is 9.59 Å². The van der Waals surface area contributed by atoms with Gasteiger partial charge in [0.15, 0.2) is 0 Å². The van der Waals surface area contributed by atoms with Crippen molar-refractivity contribution in [3.8, 4) is 0 Å². The fourth-order valence-electron chi connectivity index (χ4n) is 3.83. The minimum atomic E-state index is -0.602. The van der Waals surface area contributed by atoms with E-state index in [1.165, 1.54) is 17.0 Å². The van der Waals surface area contributed by atoms with Crippen LogP contribution in [0.4, 0.5) is 10.3 Å². The lowest BCUT2D eigenvalue weighted by atomic mass is 10.0. The van der Waals surface area contributed by atoms with Gasteiger partial charge in [-0.25, -0.2) is 19.5 Å². The van der Waals surface area contributed by atoms with Gasteiger partial charge >= 0.3 is 0 Å². The molecule has 0 fully saturated rings. The van der Waals surface area contributed by atoms with Gasteiger partial charge in [-0.15, -0.1) is 0 Å². The molecule has 3 N–H and O–H groups in total. The van der Waals surface area contributed by atoms with Crippen LogP contribution in [0.15, 0.2) is 53.5 Å². The molecule has 1 aliphatic heterocycles. The zero-order valence-corrected chi connectivity index (χ0v) is 16.3. The topological polar surface area (TPSA) is 118 Å². The van der Waals surface area contributed by atoms with E-state index in [-0.39, 0.29) is 23.6 Å². The van der Waals surface area contributed by atoms with Crippen LogP contribution >= 0.6 is 0 Å². The summed E-state index contributed by atoms with van der Waals surface area (Å²) in [7, 11) is 0. The van der Waals surface area contributed by atoms with Crippen molar-refractivity contribution in [1.29, 1.82) is 0 Å². The highest BCUT2D eigenvalue weighted by Crippen LogP contribution is 2.25. The van der Waals surface area contributed by atoms with Crippen LogP contribution in [0.5, 0.6) is 0 Å². The van der Waals surface area contributed by atoms with Crippen LogP contribution in [0.1, 0.15) is 32.9 Å². The third-order valence-corrected chi connectivity index (χ3v) is 5.37. The van der Waals surface area contributed by atoms with E-state index in [9.17, 15) is 14.0 Å². The number of amides is 1. The van der Waals surface area contributed by atoms with E-state index in [2.05, 4.69) is 20.2 Å². The Morgan fingerprint density at radius 2 is 1.97 bits per heavy atom. The maximum Gasteiger partial charge on any atom is 0.272 e. The molecule has 2 aromatic carbocycles. The molecule has 0 saturated heterocycles. The molecule has 9 heteroatoms. The Hall–Kier alpha value is -4.14. The van der Waals surface area contributed by atoms with Crippen molar-refractivity contribution in [3.63, 3.8) is 0 Å². The van der Waals surface area contributed by atoms with E-state index < -0.39 is 11.7 Å². The van der Waals surface area contributed by atoms with Gasteiger partial charge in [-0.2, -0.15) is 5.10 Å². The van der Waals surface area contributed by atoms with E-state index in [1.54, 1.807) is 24.4 Å². The van der Waals surface area contributed by atoms with Crippen molar-refractivity contribution in [2.24, 2.45) is 0 Å². The second-order valence-electron chi connectivity index (χ2n) is 7.40. The quantitative estimate of drug-likeness (QED) is 0.529. The van der Waals surface area contributed by atoms with Crippen LogP contribution in [0, 0.1) is 5.82 Å². The largest absolute Gasteiger partial charge is 0.368 e. The van der Waals surface area contributed by atoms with Gasteiger partial charge in [-0.1, -0.05) is 24.3 Å². The summed E-state index contributed by atoms with van der Waals surface area (Å²) in [6.07, 6.45) is 1.92. The van der Waals surface area contributed by atoms with Crippen LogP contribution < -0.4 is 11.3 Å². The normalized spacial score (nSPS) is 12.9. The molecule has 2 aromatic heterocycles. The van der Waals surface area contributed by atoms with Crippen LogP contribution in [-0.2, 0) is 19.5 Å². The number of fused-ring (bicyclic) bond motifs is 2. The van der Waals surface area contributed by atoms with Gasteiger partial charge in [0.25, 0.3) is 11.5 Å². The zero-order chi connectivity index (χ0) is 21.5. The minimum Gasteiger partial charge on any atom is -0.368 e. The molecule has 0 radical (unpaired) electrons. The van der Waals surface area contributed by atoms with E-state index >= 15 is 0 Å². The number of hydrogen-bond donors (Lipinski definition) is 2. The van der Waals surface area contributed by atoms with Gasteiger partial charge in [0, 0.05) is 30.1 Å². The Balaban J connectivity index is 1.45. The molecular formula is C22H17FN6O2. The zero-order valence-electron chi connectivity index (χ0n) is 16.3. The summed E-state index contributed by atoms with van der Waals surface area (Å²) in [4.78, 5) is 34.6. The van der Waals surface area contributed by atoms with Gasteiger partial charge in [0.05, 0.1) is 28.9 Å². The Labute approximate surface area is 175 Å². The highest BCUT2D eigenvalue weighted by Gasteiger charge is 2.27. The molecule has 31 heavy (non-hydrogen) atoms. The number of H-pyrrole nitrogens is 1. The number of nitrogen functional groups attached to an aromatic ring is 1. The number of benzene rings is 2. The van der Waals surface area contributed by atoms with Crippen LogP contribution in [0.25, 0.3) is 10.8 Å². The van der Waals surface area contributed by atoms with Crippen LogP contribution in [-0.4, -0.2) is 31.0 Å². The van der Waals surface area contributed by atoms with E-state index in [1.807, 2.05) is 12.1 Å². The molecule has 154 valence electrons. The highest BCUT2D eigenvalue weighted by atomic mass is 19.1. The van der Waals surface area contributed by atoms with Crippen LogP contribution in [0.3, 0.4) is 0 Å². The van der Waals surface area contributed by atoms with Gasteiger partial charge in [-0.05, 0) is 23.8 Å². The van der Waals surface area contributed by atoms with E-state index in [0.29, 0.717) is 35.3 Å². The second-order valence-corrected chi connectivity index (χ2v) is 7.40. The molecule has 0 atom stereocenters. The average Bonchev–Trinajstić information content (AvgIpc) is 3.20. The molecule has 4 aromatic rings. The summed E-state index contributed by atoms with van der Waals surface area (Å²) in [5.41, 5.74) is 8.12. The number of nitrogens with one attached hydrogen (secondary N) is 1. The fraction of sp³-hybridized carbons (Fsp3) is 0.136. The van der Waals surface area contributed by atoms with Crippen molar-refractivity contribution in [1.82, 2.24) is 25.1 Å². The number of halogens is 1. The highest BCUT2D eigenvalue weighted by molar-refractivity contribution is 5.95. The fourth-order valence-corrected chi connectivity index (χ4v) is 3.83. The minimum absolute atomic E-state index is 0.0278. The number of rotatable bonds is 3. The third kappa shape index (κ3) is 3.39. The number of carbonyl (C=O) groups excluding carboxylic acids is 1. The molecule has 5 rings (SSSR count). The molecule has 0 unspecified atom stereocenters. The number of aromatic nitrogens is 4. The number of anilines is 1. The first-order valence-electron chi connectivity index (χ1n) is 9.64. The van der Waals surface area contributed by atoms with E-state index in [4.69, 9.17) is 5.73 Å². The average molecular weight is 416 g/mol. The SMILES string of the molecule is Nc1ncc2c(n1)CN(C(=O)c1cc(Cc3n[nH]c(=O)c4ccccc34)ccc1F)C2. The lowest BCUT2D eigenvalue weighted by Gasteiger charge is -2.16. The van der Waals surface area contributed by atoms with Crippen molar-refractivity contribution in [2.45, 2.75) is 19.5 Å². The molecule has 0 aliphatic carbocycles. The summed E-state index contributed by atoms with van der Waals surface area (Å²) < 4.78 is 14.6. The Bertz CT molecular complexity index is 1400. The lowest BCUT2D eigenvalue weighted by Crippen LogP contribution is -2.26. The molecule has 0 spiro atoms. The van der Waals surface area contributed by atoms with Crippen molar-refractivity contribution in [2.75, 3.05) is 5.73 Å². The maximum atomic E-state index is 14.6. The van der Waals surface area contributed by atoms with Crippen molar-refractivity contribution >= 4 is 22.6 Å². The van der Waals surface area contributed by atoms with Crippen molar-refractivity contribution < 1.29 is 9.18 Å². The summed E-state index contributed by atoms with van der Waals surface area (Å²) >= 11 is 0. The molecule has 1 aliphatic rings. The number of nitrogens with two attached hydrogens (primary N) is 1. The van der Waals surface area contributed by atoms with Crippen molar-refractivity contribution in [3.05, 3.63) is 92.9 Å². The van der Waals surface area contributed by atoms with Gasteiger partial charge < -0.3 is 10.6 Å². The number of nitrogens with zero attached hydrogens (tertiary/aromatic N) is 4. The number of carbonyl (C=O) groups is 1. The molecule has 3 heterocycles. The Morgan fingerprint density at radius 1 is 1.16 bits per heavy atom. The maximum absolute atomic E-state index is 14.6. The molecular weight excluding hydrogens is 399 g/mol. The Kier molecular flexibility index (Phi) is 4.43. The first-order chi connectivity index (χ1) is 15.0. The predicted molar refractivity (Wildman–Crippen MR) is 112 cm³/mol. The molecule has 8 nitrogen and oxygen atoms in total. The molecule has 0 bridgehead atoms. The standard InChI is InChI=1S/C22H17FN6O2/c23-17-6-5-12(8-18-14-3-1-2-4-15(14)20(30)28-27-18)7-16(17)21(31)29-10-13-9-25-22(24)26-19(13)11-29/h1-7,9H,8,10-11H2,(H,28,30)(H2,24,25,26). The third-order valence-electron chi connectivity index (χ3n) is 5.37. The molecule has 0 saturated carbocycles. The second kappa shape index (κ2) is 7.28. The summed E-state index contributed by atoms with van der Waals surface area (Å²) in [6.45, 7) is 0.543.